The number of ether oxygens (including phenoxy) is 3. The lowest BCUT2D eigenvalue weighted by Crippen LogP contribution is -2.25. The lowest BCUT2D eigenvalue weighted by Gasteiger charge is -2.16. The van der Waals surface area contributed by atoms with E-state index in [4.69, 9.17) is 14.2 Å². The molecule has 2 aromatic carbocycles. The maximum absolute atomic E-state index is 12.2. The highest BCUT2D eigenvalue weighted by atomic mass is 16.6. The van der Waals surface area contributed by atoms with Gasteiger partial charge in [0, 0.05) is 11.6 Å². The van der Waals surface area contributed by atoms with Crippen molar-refractivity contribution in [3.63, 3.8) is 0 Å². The normalized spacial score (nSPS) is 18.6. The van der Waals surface area contributed by atoms with Gasteiger partial charge in [-0.05, 0) is 30.3 Å². The third-order valence-corrected chi connectivity index (χ3v) is 4.00. The second-order valence-corrected chi connectivity index (χ2v) is 5.49. The summed E-state index contributed by atoms with van der Waals surface area (Å²) in [5.74, 6) is 0.245. The first kappa shape index (κ1) is 17.4. The van der Waals surface area contributed by atoms with Crippen molar-refractivity contribution in [2.75, 3.05) is 14.2 Å². The van der Waals surface area contributed by atoms with Crippen LogP contribution in [-0.2, 0) is 14.3 Å². The van der Waals surface area contributed by atoms with Gasteiger partial charge >= 0.3 is 5.97 Å². The van der Waals surface area contributed by atoms with Gasteiger partial charge in [0.05, 0.1) is 24.7 Å². The first-order chi connectivity index (χ1) is 12.5. The number of nitro groups is 1. The van der Waals surface area contributed by atoms with Crippen molar-refractivity contribution < 1.29 is 23.9 Å². The van der Waals surface area contributed by atoms with Crippen molar-refractivity contribution in [1.29, 1.82) is 0 Å². The van der Waals surface area contributed by atoms with Crippen LogP contribution in [-0.4, -0.2) is 37.1 Å². The SMILES string of the molecule is COC(=O)[C@H]1N=C(c2ccc(OC)cc2)O[C@H]1c1ccccc1[N+](=O)[O-]. The van der Waals surface area contributed by atoms with E-state index in [9.17, 15) is 14.9 Å². The number of aliphatic imine (C=N–C) groups is 1. The fraction of sp³-hybridized carbons (Fsp3) is 0.222. The molecule has 8 nitrogen and oxygen atoms in total. The summed E-state index contributed by atoms with van der Waals surface area (Å²) in [6.45, 7) is 0. The lowest BCUT2D eigenvalue weighted by molar-refractivity contribution is -0.386. The molecule has 3 rings (SSSR count). The Kier molecular flexibility index (Phi) is 4.83. The smallest absolute Gasteiger partial charge is 0.335 e. The summed E-state index contributed by atoms with van der Waals surface area (Å²) in [4.78, 5) is 27.3. The number of carbonyl (C=O) groups is 1. The number of rotatable bonds is 5. The Hall–Kier alpha value is -3.42. The molecule has 2 aromatic rings. The van der Waals surface area contributed by atoms with Gasteiger partial charge in [-0.1, -0.05) is 12.1 Å². The number of hydrogen-bond donors (Lipinski definition) is 0. The van der Waals surface area contributed by atoms with Gasteiger partial charge in [0.1, 0.15) is 5.75 Å². The van der Waals surface area contributed by atoms with Gasteiger partial charge in [-0.15, -0.1) is 0 Å². The number of nitro benzene ring substituents is 1. The minimum atomic E-state index is -1.03. The molecule has 1 aliphatic rings. The van der Waals surface area contributed by atoms with E-state index >= 15 is 0 Å². The van der Waals surface area contributed by atoms with Crippen molar-refractivity contribution in [2.24, 2.45) is 4.99 Å². The van der Waals surface area contributed by atoms with Gasteiger partial charge in [-0.2, -0.15) is 0 Å². The fourth-order valence-electron chi connectivity index (χ4n) is 2.71. The molecule has 8 heteroatoms. The average Bonchev–Trinajstić information content (AvgIpc) is 3.12. The number of para-hydroxylation sites is 1. The van der Waals surface area contributed by atoms with Crippen molar-refractivity contribution in [1.82, 2.24) is 0 Å². The zero-order valence-corrected chi connectivity index (χ0v) is 14.1. The molecule has 1 heterocycles. The summed E-state index contributed by atoms with van der Waals surface area (Å²) in [7, 11) is 2.79. The topological polar surface area (TPSA) is 100 Å². The highest BCUT2D eigenvalue weighted by Gasteiger charge is 2.41. The Bertz CT molecular complexity index is 862. The molecule has 0 aromatic heterocycles. The number of esters is 1. The van der Waals surface area contributed by atoms with Crippen LogP contribution in [0.15, 0.2) is 53.5 Å². The minimum absolute atomic E-state index is 0.141. The summed E-state index contributed by atoms with van der Waals surface area (Å²) in [6.07, 6.45) is -0.943. The van der Waals surface area contributed by atoms with E-state index in [1.807, 2.05) is 0 Å². The fourth-order valence-corrected chi connectivity index (χ4v) is 2.71. The van der Waals surface area contributed by atoms with Crippen LogP contribution in [0.1, 0.15) is 17.2 Å². The molecule has 26 heavy (non-hydrogen) atoms. The van der Waals surface area contributed by atoms with E-state index in [1.165, 1.54) is 13.2 Å². The summed E-state index contributed by atoms with van der Waals surface area (Å²) < 4.78 is 15.7. The van der Waals surface area contributed by atoms with Crippen LogP contribution in [0.3, 0.4) is 0 Å². The largest absolute Gasteiger partial charge is 0.497 e. The molecule has 0 amide bonds. The van der Waals surface area contributed by atoms with Crippen LogP contribution in [0.4, 0.5) is 5.69 Å². The first-order valence-corrected chi connectivity index (χ1v) is 7.75. The molecule has 0 saturated carbocycles. The maximum atomic E-state index is 12.2. The van der Waals surface area contributed by atoms with Crippen LogP contribution < -0.4 is 4.74 Å². The molecule has 0 saturated heterocycles. The van der Waals surface area contributed by atoms with Crippen molar-refractivity contribution >= 4 is 17.6 Å². The Morgan fingerprint density at radius 2 is 1.85 bits per heavy atom. The molecule has 134 valence electrons. The van der Waals surface area contributed by atoms with Crippen molar-refractivity contribution in [3.05, 3.63) is 69.8 Å². The molecule has 0 aliphatic carbocycles. The Balaban J connectivity index is 1.99. The summed E-state index contributed by atoms with van der Waals surface area (Å²) >= 11 is 0. The summed E-state index contributed by atoms with van der Waals surface area (Å²) in [5.41, 5.74) is 0.749. The van der Waals surface area contributed by atoms with E-state index in [0.717, 1.165) is 0 Å². The van der Waals surface area contributed by atoms with Crippen LogP contribution >= 0.6 is 0 Å². The number of hydrogen-bond acceptors (Lipinski definition) is 7. The molecule has 2 atom stereocenters. The molecule has 0 N–H and O–H groups in total. The number of methoxy groups -OCH3 is 2. The predicted octanol–water partition coefficient (Wildman–Crippen LogP) is 2.66. The second-order valence-electron chi connectivity index (χ2n) is 5.49. The van der Waals surface area contributed by atoms with Crippen LogP contribution in [0, 0.1) is 10.1 Å². The van der Waals surface area contributed by atoms with Gasteiger partial charge < -0.3 is 14.2 Å². The average molecular weight is 356 g/mol. The molecule has 0 radical (unpaired) electrons. The Labute approximate surface area is 149 Å². The van der Waals surface area contributed by atoms with E-state index in [0.29, 0.717) is 11.3 Å². The summed E-state index contributed by atoms with van der Waals surface area (Å²) in [5, 5.41) is 11.3. The predicted molar refractivity (Wildman–Crippen MR) is 92.3 cm³/mol. The first-order valence-electron chi connectivity index (χ1n) is 7.75. The van der Waals surface area contributed by atoms with E-state index < -0.39 is 23.0 Å². The summed E-state index contributed by atoms with van der Waals surface area (Å²) in [6, 6.07) is 12.0. The third-order valence-electron chi connectivity index (χ3n) is 4.00. The quantitative estimate of drug-likeness (QED) is 0.464. The van der Waals surface area contributed by atoms with E-state index in [1.54, 1.807) is 49.6 Å². The Morgan fingerprint density at radius 1 is 1.15 bits per heavy atom. The zero-order valence-electron chi connectivity index (χ0n) is 14.1. The van der Waals surface area contributed by atoms with Crippen molar-refractivity contribution in [2.45, 2.75) is 12.1 Å². The molecule has 0 unspecified atom stereocenters. The molecular weight excluding hydrogens is 340 g/mol. The van der Waals surface area contributed by atoms with Crippen LogP contribution in [0.2, 0.25) is 0 Å². The number of benzene rings is 2. The monoisotopic (exact) mass is 356 g/mol. The second kappa shape index (κ2) is 7.22. The number of nitrogens with zero attached hydrogens (tertiary/aromatic N) is 2. The highest BCUT2D eigenvalue weighted by Crippen LogP contribution is 2.36. The molecular formula is C18H16N2O6. The molecule has 1 aliphatic heterocycles. The Morgan fingerprint density at radius 3 is 2.46 bits per heavy atom. The van der Waals surface area contributed by atoms with Crippen LogP contribution in [0.5, 0.6) is 5.75 Å². The van der Waals surface area contributed by atoms with Crippen molar-refractivity contribution in [3.8, 4) is 5.75 Å². The molecule has 0 bridgehead atoms. The zero-order chi connectivity index (χ0) is 18.7. The molecule has 0 spiro atoms. The molecule has 0 fully saturated rings. The van der Waals surface area contributed by atoms with E-state index in [-0.39, 0.29) is 17.1 Å². The van der Waals surface area contributed by atoms with Gasteiger partial charge in [-0.25, -0.2) is 9.79 Å². The minimum Gasteiger partial charge on any atom is -0.497 e. The standard InChI is InChI=1S/C18H16N2O6/c1-24-12-9-7-11(8-10-12)17-19-15(18(21)25-2)16(26-17)13-5-3-4-6-14(13)20(22)23/h3-10,15-16H,1-2H3/t15-,16-/m0/s1. The van der Waals surface area contributed by atoms with Gasteiger partial charge in [0.25, 0.3) is 5.69 Å². The van der Waals surface area contributed by atoms with E-state index in [2.05, 4.69) is 4.99 Å². The van der Waals surface area contributed by atoms with Gasteiger partial charge in [-0.3, -0.25) is 10.1 Å². The third kappa shape index (κ3) is 3.21. The van der Waals surface area contributed by atoms with Gasteiger partial charge in [0.15, 0.2) is 12.1 Å². The number of carbonyl (C=O) groups excluding carboxylic acids is 1. The van der Waals surface area contributed by atoms with Gasteiger partial charge in [0.2, 0.25) is 5.90 Å². The lowest BCUT2D eigenvalue weighted by atomic mass is 10.0. The highest BCUT2D eigenvalue weighted by molar-refractivity contribution is 5.98. The van der Waals surface area contributed by atoms with Crippen LogP contribution in [0.25, 0.3) is 0 Å². The maximum Gasteiger partial charge on any atom is 0.335 e.